The standard InChI is InChI=1S/C31H36N2O/c1-30(26-12-4-2-5-13-26,27-14-6-3-7-15-27)29(34)32-21-10-22-33-23-19-31(20-24-33)18-17-25-11-8-9-16-28(25)31/h2-9,11-16H,10,17-24H2,1H3,(H,32,34). The van der Waals surface area contributed by atoms with Crippen molar-refractivity contribution in [3.63, 3.8) is 0 Å². The van der Waals surface area contributed by atoms with Crippen molar-refractivity contribution in [2.24, 2.45) is 0 Å². The van der Waals surface area contributed by atoms with Crippen molar-refractivity contribution in [2.75, 3.05) is 26.2 Å². The van der Waals surface area contributed by atoms with Crippen LogP contribution in [-0.2, 0) is 22.0 Å². The predicted octanol–water partition coefficient (Wildman–Crippen LogP) is 5.48. The Balaban J connectivity index is 1.15. The third-order valence-corrected chi connectivity index (χ3v) is 8.37. The number of carbonyl (C=O) groups is 1. The summed E-state index contributed by atoms with van der Waals surface area (Å²) in [5.41, 5.74) is 4.94. The van der Waals surface area contributed by atoms with Gasteiger partial charge in [-0.2, -0.15) is 0 Å². The molecular weight excluding hydrogens is 416 g/mol. The van der Waals surface area contributed by atoms with Crippen molar-refractivity contribution >= 4 is 5.91 Å². The van der Waals surface area contributed by atoms with Gasteiger partial charge in [-0.05, 0) is 86.3 Å². The molecule has 1 amide bonds. The average molecular weight is 453 g/mol. The summed E-state index contributed by atoms with van der Waals surface area (Å²) < 4.78 is 0. The first-order valence-corrected chi connectivity index (χ1v) is 12.8. The van der Waals surface area contributed by atoms with Gasteiger partial charge in [0.1, 0.15) is 0 Å². The fourth-order valence-corrected chi connectivity index (χ4v) is 6.14. The number of aryl methyl sites for hydroxylation is 1. The second-order valence-electron chi connectivity index (χ2n) is 10.2. The van der Waals surface area contributed by atoms with E-state index in [0.29, 0.717) is 12.0 Å². The lowest BCUT2D eigenvalue weighted by molar-refractivity contribution is -0.124. The molecule has 34 heavy (non-hydrogen) atoms. The van der Waals surface area contributed by atoms with Crippen LogP contribution >= 0.6 is 0 Å². The van der Waals surface area contributed by atoms with Gasteiger partial charge in [0.15, 0.2) is 0 Å². The summed E-state index contributed by atoms with van der Waals surface area (Å²) in [6.45, 7) is 6.11. The Morgan fingerprint density at radius 1 is 0.853 bits per heavy atom. The number of nitrogens with zero attached hydrogens (tertiary/aromatic N) is 1. The van der Waals surface area contributed by atoms with Crippen molar-refractivity contribution in [3.8, 4) is 0 Å². The van der Waals surface area contributed by atoms with Gasteiger partial charge in [-0.1, -0.05) is 84.9 Å². The number of hydrogen-bond acceptors (Lipinski definition) is 2. The van der Waals surface area contributed by atoms with Crippen LogP contribution in [0.5, 0.6) is 0 Å². The van der Waals surface area contributed by atoms with E-state index in [1.165, 1.54) is 25.7 Å². The third-order valence-electron chi connectivity index (χ3n) is 8.37. The van der Waals surface area contributed by atoms with Gasteiger partial charge in [0, 0.05) is 6.54 Å². The first-order chi connectivity index (χ1) is 16.6. The largest absolute Gasteiger partial charge is 0.355 e. The highest BCUT2D eigenvalue weighted by Crippen LogP contribution is 2.46. The van der Waals surface area contributed by atoms with Crippen molar-refractivity contribution in [1.82, 2.24) is 10.2 Å². The molecule has 0 saturated carbocycles. The van der Waals surface area contributed by atoms with Gasteiger partial charge in [-0.25, -0.2) is 0 Å². The van der Waals surface area contributed by atoms with E-state index in [4.69, 9.17) is 0 Å². The number of hydrogen-bond donors (Lipinski definition) is 1. The molecule has 5 rings (SSSR count). The number of nitrogens with one attached hydrogen (secondary N) is 1. The highest BCUT2D eigenvalue weighted by molar-refractivity contribution is 5.91. The zero-order valence-electron chi connectivity index (χ0n) is 20.3. The summed E-state index contributed by atoms with van der Waals surface area (Å²) in [5.74, 6) is 0.0741. The Kier molecular flexibility index (Phi) is 6.56. The molecule has 1 heterocycles. The molecule has 3 aromatic carbocycles. The maximum atomic E-state index is 13.5. The molecule has 3 heteroatoms. The molecule has 0 aromatic heterocycles. The summed E-state index contributed by atoms with van der Waals surface area (Å²) in [4.78, 5) is 16.1. The highest BCUT2D eigenvalue weighted by atomic mass is 16.2. The van der Waals surface area contributed by atoms with Crippen molar-refractivity contribution in [2.45, 2.75) is 49.9 Å². The number of fused-ring (bicyclic) bond motifs is 2. The first kappa shape index (κ1) is 22.9. The first-order valence-electron chi connectivity index (χ1n) is 12.8. The lowest BCUT2D eigenvalue weighted by atomic mass is 9.74. The highest BCUT2D eigenvalue weighted by Gasteiger charge is 2.41. The van der Waals surface area contributed by atoms with Crippen molar-refractivity contribution in [1.29, 1.82) is 0 Å². The zero-order chi connectivity index (χ0) is 23.4. The summed E-state index contributed by atoms with van der Waals surface area (Å²) >= 11 is 0. The number of piperidine rings is 1. The van der Waals surface area contributed by atoms with E-state index >= 15 is 0 Å². The topological polar surface area (TPSA) is 32.3 Å². The molecule has 3 aromatic rings. The monoisotopic (exact) mass is 452 g/mol. The minimum Gasteiger partial charge on any atom is -0.355 e. The molecular formula is C31H36N2O. The molecule has 1 saturated heterocycles. The van der Waals surface area contributed by atoms with Crippen LogP contribution in [0.1, 0.15) is 54.9 Å². The molecule has 2 aliphatic rings. The van der Waals surface area contributed by atoms with Gasteiger partial charge in [-0.15, -0.1) is 0 Å². The second kappa shape index (κ2) is 9.76. The molecule has 1 N–H and O–H groups in total. The van der Waals surface area contributed by atoms with Crippen LogP contribution in [0.25, 0.3) is 0 Å². The molecule has 0 unspecified atom stereocenters. The van der Waals surface area contributed by atoms with Gasteiger partial charge in [0.05, 0.1) is 5.41 Å². The molecule has 0 bridgehead atoms. The maximum Gasteiger partial charge on any atom is 0.234 e. The number of rotatable bonds is 7. The van der Waals surface area contributed by atoms with E-state index in [2.05, 4.69) is 58.7 Å². The number of carbonyl (C=O) groups excluding carboxylic acids is 1. The fraction of sp³-hybridized carbons (Fsp3) is 0.387. The normalized spacial score (nSPS) is 17.4. The summed E-state index contributed by atoms with van der Waals surface area (Å²) in [5, 5.41) is 3.26. The Bertz CT molecular complexity index is 1060. The zero-order valence-corrected chi connectivity index (χ0v) is 20.3. The lowest BCUT2D eigenvalue weighted by Gasteiger charge is -2.40. The Morgan fingerprint density at radius 3 is 2.09 bits per heavy atom. The molecule has 1 aliphatic heterocycles. The Labute approximate surface area is 204 Å². The minimum absolute atomic E-state index is 0.0741. The Morgan fingerprint density at radius 2 is 1.44 bits per heavy atom. The second-order valence-corrected chi connectivity index (χ2v) is 10.2. The van der Waals surface area contributed by atoms with Crippen LogP contribution in [0.3, 0.4) is 0 Å². The van der Waals surface area contributed by atoms with Gasteiger partial charge >= 0.3 is 0 Å². The van der Waals surface area contributed by atoms with Crippen LogP contribution in [0, 0.1) is 0 Å². The van der Waals surface area contributed by atoms with Crippen LogP contribution in [0.15, 0.2) is 84.9 Å². The van der Waals surface area contributed by atoms with E-state index < -0.39 is 5.41 Å². The summed E-state index contributed by atoms with van der Waals surface area (Å²) in [7, 11) is 0. The van der Waals surface area contributed by atoms with Crippen molar-refractivity contribution in [3.05, 3.63) is 107 Å². The number of amides is 1. The van der Waals surface area contributed by atoms with E-state index in [9.17, 15) is 4.79 Å². The molecule has 3 nitrogen and oxygen atoms in total. The van der Waals surface area contributed by atoms with Crippen LogP contribution < -0.4 is 5.32 Å². The van der Waals surface area contributed by atoms with Gasteiger partial charge in [0.2, 0.25) is 5.91 Å². The van der Waals surface area contributed by atoms with Gasteiger partial charge in [0.25, 0.3) is 0 Å². The number of likely N-dealkylation sites (tertiary alicyclic amines) is 1. The molecule has 176 valence electrons. The smallest absolute Gasteiger partial charge is 0.234 e. The summed E-state index contributed by atoms with van der Waals surface area (Å²) in [6.07, 6.45) is 6.06. The SMILES string of the molecule is CC(C(=O)NCCCN1CCC2(CCc3ccccc32)CC1)(c1ccccc1)c1ccccc1. The van der Waals surface area contributed by atoms with E-state index in [-0.39, 0.29) is 5.91 Å². The van der Waals surface area contributed by atoms with Gasteiger partial charge in [-0.3, -0.25) is 4.79 Å². The Hall–Kier alpha value is -2.91. The average Bonchev–Trinajstić information content (AvgIpc) is 3.26. The van der Waals surface area contributed by atoms with Crippen molar-refractivity contribution < 1.29 is 4.79 Å². The molecule has 0 radical (unpaired) electrons. The summed E-state index contributed by atoms with van der Waals surface area (Å²) in [6, 6.07) is 29.3. The maximum absolute atomic E-state index is 13.5. The van der Waals surface area contributed by atoms with Crippen LogP contribution in [-0.4, -0.2) is 37.0 Å². The predicted molar refractivity (Wildman–Crippen MR) is 139 cm³/mol. The lowest BCUT2D eigenvalue weighted by Crippen LogP contribution is -2.45. The van der Waals surface area contributed by atoms with E-state index in [1.54, 1.807) is 11.1 Å². The quantitative estimate of drug-likeness (QED) is 0.482. The third kappa shape index (κ3) is 4.30. The van der Waals surface area contributed by atoms with Crippen LogP contribution in [0.4, 0.5) is 0 Å². The molecule has 1 fully saturated rings. The minimum atomic E-state index is -0.699. The molecule has 1 aliphatic carbocycles. The van der Waals surface area contributed by atoms with E-state index in [0.717, 1.165) is 37.2 Å². The molecule has 1 spiro atoms. The van der Waals surface area contributed by atoms with Crippen LogP contribution in [0.2, 0.25) is 0 Å². The number of benzene rings is 3. The van der Waals surface area contributed by atoms with Gasteiger partial charge < -0.3 is 10.2 Å². The molecule has 0 atom stereocenters. The fourth-order valence-electron chi connectivity index (χ4n) is 6.14. The van der Waals surface area contributed by atoms with E-state index in [1.807, 2.05) is 43.3 Å².